The smallest absolute Gasteiger partial charge is 0.103 e. The highest BCUT2D eigenvalue weighted by atomic mass is 35.5. The van der Waals surface area contributed by atoms with E-state index in [9.17, 15) is 15.3 Å². The summed E-state index contributed by atoms with van der Waals surface area (Å²) in [6.45, 7) is 21.4. The van der Waals surface area contributed by atoms with Crippen molar-refractivity contribution in [2.24, 2.45) is 0 Å². The zero-order valence-electron chi connectivity index (χ0n) is 57.0. The van der Waals surface area contributed by atoms with Gasteiger partial charge in [0.15, 0.2) is 0 Å². The van der Waals surface area contributed by atoms with E-state index in [4.69, 9.17) is 14.2 Å². The van der Waals surface area contributed by atoms with Gasteiger partial charge in [0, 0.05) is 0 Å². The number of nitrogens with zero attached hydrogens (tertiary/aromatic N) is 1. The lowest BCUT2D eigenvalue weighted by Crippen LogP contribution is -3.00. The van der Waals surface area contributed by atoms with Crippen molar-refractivity contribution in [2.45, 2.75) is 432 Å². The van der Waals surface area contributed by atoms with Gasteiger partial charge in [-0.25, -0.2) is 0 Å². The SMILES string of the molecule is CCCCCCCCCCCCC(O)C(CCCCCCCC)OCC[N+](CC)(CCOC(CCCCCCCC)C(O)CCCCCCCCCCCC)CCOC(CCCCCCCC)C(O)CCCCCCCCCCCC.[Cl-]. The molecule has 0 radical (unpaired) electrons. The Bertz CT molecular complexity index is 1050. The van der Waals surface area contributed by atoms with Crippen LogP contribution < -0.4 is 12.4 Å². The summed E-state index contributed by atoms with van der Waals surface area (Å²) >= 11 is 0. The van der Waals surface area contributed by atoms with E-state index in [1.165, 1.54) is 270 Å². The lowest BCUT2D eigenvalue weighted by Gasteiger charge is -2.39. The van der Waals surface area contributed by atoms with Crippen molar-refractivity contribution < 1.29 is 46.4 Å². The summed E-state index contributed by atoms with van der Waals surface area (Å²) < 4.78 is 21.6. The van der Waals surface area contributed by atoms with Gasteiger partial charge in [0.05, 0.1) is 63.0 Å². The zero-order chi connectivity index (χ0) is 59.2. The van der Waals surface area contributed by atoms with Gasteiger partial charge in [-0.05, 0) is 45.4 Å². The highest BCUT2D eigenvalue weighted by molar-refractivity contribution is 4.74. The largest absolute Gasteiger partial charge is 1.00 e. The minimum atomic E-state index is -0.426. The normalized spacial score (nSPS) is 14.9. The van der Waals surface area contributed by atoms with Crippen molar-refractivity contribution in [1.82, 2.24) is 0 Å². The quantitative estimate of drug-likeness (QED) is 0.0415. The van der Waals surface area contributed by atoms with Gasteiger partial charge in [-0.2, -0.15) is 0 Å². The Morgan fingerprint density at radius 3 is 0.561 bits per heavy atom. The van der Waals surface area contributed by atoms with Crippen molar-refractivity contribution in [3.63, 3.8) is 0 Å². The third-order valence-corrected chi connectivity index (χ3v) is 18.7. The highest BCUT2D eigenvalue weighted by Gasteiger charge is 2.30. The molecule has 0 bridgehead atoms. The van der Waals surface area contributed by atoms with Crippen LogP contribution in [-0.4, -0.2) is 102 Å². The number of hydrogen-bond donors (Lipinski definition) is 3. The van der Waals surface area contributed by atoms with Crippen LogP contribution >= 0.6 is 0 Å². The molecular weight excluding hydrogens is 1030 g/mol. The van der Waals surface area contributed by atoms with Crippen LogP contribution in [-0.2, 0) is 14.2 Å². The lowest BCUT2D eigenvalue weighted by molar-refractivity contribution is -0.927. The summed E-state index contributed by atoms with van der Waals surface area (Å²) in [4.78, 5) is 0. The minimum absolute atomic E-state index is 0. The van der Waals surface area contributed by atoms with E-state index in [0.717, 1.165) is 108 Å². The van der Waals surface area contributed by atoms with Crippen LogP contribution in [0.5, 0.6) is 0 Å². The number of rotatable bonds is 70. The average molecular weight is 1190 g/mol. The first-order valence-electron chi connectivity index (χ1n) is 37.5. The molecular formula is C74H152ClNO6. The van der Waals surface area contributed by atoms with Crippen LogP contribution in [0.25, 0.3) is 0 Å². The van der Waals surface area contributed by atoms with E-state index in [1.54, 1.807) is 0 Å². The van der Waals surface area contributed by atoms with E-state index in [0.29, 0.717) is 19.8 Å². The number of quaternary nitrogens is 1. The van der Waals surface area contributed by atoms with Gasteiger partial charge < -0.3 is 46.4 Å². The van der Waals surface area contributed by atoms with Crippen molar-refractivity contribution in [3.05, 3.63) is 0 Å². The fraction of sp³-hybridized carbons (Fsp3) is 1.00. The molecule has 82 heavy (non-hydrogen) atoms. The molecule has 0 aliphatic heterocycles. The number of aliphatic hydroxyl groups excluding tert-OH is 3. The summed E-state index contributed by atoms with van der Waals surface area (Å²) in [5.74, 6) is 0. The number of hydrogen-bond acceptors (Lipinski definition) is 6. The minimum Gasteiger partial charge on any atom is -1.00 e. The van der Waals surface area contributed by atoms with Gasteiger partial charge in [0.1, 0.15) is 19.6 Å². The fourth-order valence-electron chi connectivity index (χ4n) is 12.6. The third kappa shape index (κ3) is 54.2. The topological polar surface area (TPSA) is 88.4 Å². The van der Waals surface area contributed by atoms with Gasteiger partial charge in [-0.3, -0.25) is 0 Å². The first-order chi connectivity index (χ1) is 39.8. The van der Waals surface area contributed by atoms with Crippen molar-refractivity contribution in [3.8, 4) is 0 Å². The van der Waals surface area contributed by atoms with Crippen LogP contribution in [0.2, 0.25) is 0 Å². The van der Waals surface area contributed by atoms with Crippen LogP contribution in [0.3, 0.4) is 0 Å². The summed E-state index contributed by atoms with van der Waals surface area (Å²) in [6, 6.07) is 0. The Balaban J connectivity index is 0. The summed E-state index contributed by atoms with van der Waals surface area (Å²) in [7, 11) is 0. The molecule has 0 amide bonds. The van der Waals surface area contributed by atoms with Crippen LogP contribution in [0.15, 0.2) is 0 Å². The Hall–Kier alpha value is 0.01000. The van der Waals surface area contributed by atoms with Gasteiger partial charge >= 0.3 is 0 Å². The van der Waals surface area contributed by atoms with Crippen LogP contribution in [0.1, 0.15) is 395 Å². The highest BCUT2D eigenvalue weighted by Crippen LogP contribution is 2.24. The third-order valence-electron chi connectivity index (χ3n) is 18.7. The van der Waals surface area contributed by atoms with E-state index >= 15 is 0 Å². The Morgan fingerprint density at radius 2 is 0.390 bits per heavy atom. The van der Waals surface area contributed by atoms with Crippen molar-refractivity contribution in [1.29, 1.82) is 0 Å². The standard InChI is InChI=1S/C74H152NO6.ClH/c1-8-15-21-27-33-36-39-42-45-51-57-69(76)72(60-54-48-30-24-18-11-4)79-66-63-75(14-7,64-67-80-73(61-55-49-31-25-19-12-5)70(77)58-52-46-43-40-37-34-28-22-16-9-2)65-68-81-74(62-56-50-32-26-20-13-6)71(78)59-53-47-44-41-38-35-29-23-17-10-3;/h69-74,76-78H,8-68H2,1-7H3;1H/q+1;/p-1. The number of unbranched alkanes of at least 4 members (excludes halogenated alkanes) is 42. The monoisotopic (exact) mass is 1190 g/mol. The Kier molecular flexibility index (Phi) is 68.6. The first-order valence-corrected chi connectivity index (χ1v) is 37.5. The van der Waals surface area contributed by atoms with Gasteiger partial charge in [0.25, 0.3) is 0 Å². The maximum Gasteiger partial charge on any atom is 0.103 e. The van der Waals surface area contributed by atoms with Crippen molar-refractivity contribution in [2.75, 3.05) is 46.0 Å². The molecule has 0 aromatic rings. The Morgan fingerprint density at radius 1 is 0.232 bits per heavy atom. The van der Waals surface area contributed by atoms with E-state index in [-0.39, 0.29) is 30.7 Å². The molecule has 3 N–H and O–H groups in total. The second-order valence-electron chi connectivity index (χ2n) is 26.3. The molecule has 0 saturated heterocycles. The molecule has 7 nitrogen and oxygen atoms in total. The predicted molar refractivity (Wildman–Crippen MR) is 356 cm³/mol. The van der Waals surface area contributed by atoms with Gasteiger partial charge in [0.2, 0.25) is 0 Å². The summed E-state index contributed by atoms with van der Waals surface area (Å²) in [5.41, 5.74) is 0. The van der Waals surface area contributed by atoms with E-state index < -0.39 is 18.3 Å². The number of ether oxygens (including phenoxy) is 3. The second kappa shape index (κ2) is 67.0. The number of halogens is 1. The second-order valence-corrected chi connectivity index (χ2v) is 26.3. The molecule has 0 spiro atoms. The number of aliphatic hydroxyl groups is 3. The van der Waals surface area contributed by atoms with Crippen molar-refractivity contribution >= 4 is 0 Å². The molecule has 6 unspecified atom stereocenters. The maximum absolute atomic E-state index is 11.8. The van der Waals surface area contributed by atoms with E-state index in [2.05, 4.69) is 48.5 Å². The van der Waals surface area contributed by atoms with Gasteiger partial charge in [-0.1, -0.05) is 350 Å². The number of likely N-dealkylation sites (N-methyl/N-ethyl adjacent to an activating group) is 1. The Labute approximate surface area is 521 Å². The molecule has 0 saturated carbocycles. The van der Waals surface area contributed by atoms with Crippen LogP contribution in [0, 0.1) is 0 Å². The summed E-state index contributed by atoms with van der Waals surface area (Å²) in [5, 5.41) is 35.4. The molecule has 0 rings (SSSR count). The molecule has 0 aromatic heterocycles. The summed E-state index contributed by atoms with van der Waals surface area (Å²) in [6.07, 6.45) is 65.1. The average Bonchev–Trinajstić information content (AvgIpc) is 3.47. The first kappa shape index (κ1) is 84.1. The molecule has 0 aliphatic carbocycles. The molecule has 6 atom stereocenters. The maximum atomic E-state index is 11.8. The lowest BCUT2D eigenvalue weighted by atomic mass is 9.99. The van der Waals surface area contributed by atoms with Gasteiger partial charge in [-0.15, -0.1) is 0 Å². The molecule has 0 aliphatic rings. The zero-order valence-corrected chi connectivity index (χ0v) is 57.7. The molecule has 496 valence electrons. The molecule has 0 heterocycles. The molecule has 8 heteroatoms. The molecule has 0 fully saturated rings. The van der Waals surface area contributed by atoms with E-state index in [1.807, 2.05) is 0 Å². The fourth-order valence-corrected chi connectivity index (χ4v) is 12.6. The molecule has 0 aromatic carbocycles. The van der Waals surface area contributed by atoms with Crippen LogP contribution in [0.4, 0.5) is 0 Å². The predicted octanol–water partition coefficient (Wildman–Crippen LogP) is 19.3.